The molecule has 1 rings (SSSR count). The molecule has 0 saturated heterocycles. The molecule has 0 spiro atoms. The monoisotopic (exact) mass is 311 g/mol. The van der Waals surface area contributed by atoms with E-state index in [1.165, 1.54) is 6.42 Å². The number of amides is 1. The minimum Gasteiger partial charge on any atom is -0.444 e. The third-order valence-corrected chi connectivity index (χ3v) is 5.58. The van der Waals surface area contributed by atoms with E-state index in [4.69, 9.17) is 4.74 Å². The van der Waals surface area contributed by atoms with Crippen LogP contribution in [0.4, 0.5) is 4.79 Å². The van der Waals surface area contributed by atoms with Crippen molar-refractivity contribution in [1.29, 1.82) is 0 Å². The van der Waals surface area contributed by atoms with Gasteiger partial charge in [-0.15, -0.1) is 0 Å². The second-order valence-electron chi connectivity index (χ2n) is 9.53. The zero-order valence-corrected chi connectivity index (χ0v) is 16.2. The Morgan fingerprint density at radius 2 is 1.73 bits per heavy atom. The van der Waals surface area contributed by atoms with Crippen LogP contribution in [-0.2, 0) is 4.74 Å². The van der Waals surface area contributed by atoms with Crippen LogP contribution in [0.15, 0.2) is 0 Å². The van der Waals surface area contributed by atoms with Gasteiger partial charge in [0.25, 0.3) is 0 Å². The molecule has 0 aromatic heterocycles. The molecule has 22 heavy (non-hydrogen) atoms. The summed E-state index contributed by atoms with van der Waals surface area (Å²) in [5.41, 5.74) is 0.194. The lowest BCUT2D eigenvalue weighted by Crippen LogP contribution is -2.52. The van der Waals surface area contributed by atoms with Crippen molar-refractivity contribution in [2.75, 3.05) is 0 Å². The van der Waals surface area contributed by atoms with Gasteiger partial charge in [0.2, 0.25) is 0 Å². The van der Waals surface area contributed by atoms with Crippen molar-refractivity contribution in [3.63, 3.8) is 0 Å². The maximum Gasteiger partial charge on any atom is 0.407 e. The zero-order chi connectivity index (χ0) is 17.3. The van der Waals surface area contributed by atoms with Crippen LogP contribution in [0.5, 0.6) is 0 Å². The second kappa shape index (κ2) is 6.41. The van der Waals surface area contributed by atoms with Crippen LogP contribution >= 0.6 is 0 Å². The fourth-order valence-corrected chi connectivity index (χ4v) is 4.26. The largest absolute Gasteiger partial charge is 0.444 e. The topological polar surface area (TPSA) is 38.3 Å². The Hall–Kier alpha value is -0.730. The van der Waals surface area contributed by atoms with Crippen molar-refractivity contribution in [3.8, 4) is 0 Å². The summed E-state index contributed by atoms with van der Waals surface area (Å²) >= 11 is 0. The van der Waals surface area contributed by atoms with Crippen molar-refractivity contribution in [1.82, 2.24) is 5.32 Å². The third kappa shape index (κ3) is 4.39. The van der Waals surface area contributed by atoms with Gasteiger partial charge in [0.15, 0.2) is 0 Å². The molecular weight excluding hydrogens is 274 g/mol. The van der Waals surface area contributed by atoms with E-state index in [1.807, 2.05) is 20.8 Å². The molecule has 1 fully saturated rings. The Morgan fingerprint density at radius 1 is 1.18 bits per heavy atom. The van der Waals surface area contributed by atoms with Gasteiger partial charge in [0.05, 0.1) is 0 Å². The number of rotatable bonds is 2. The maximum absolute atomic E-state index is 12.0. The fourth-order valence-electron chi connectivity index (χ4n) is 4.26. The molecule has 0 aromatic rings. The van der Waals surface area contributed by atoms with Crippen LogP contribution < -0.4 is 5.32 Å². The first-order valence-electron chi connectivity index (χ1n) is 8.78. The van der Waals surface area contributed by atoms with Gasteiger partial charge in [-0.1, -0.05) is 41.5 Å². The molecule has 0 heterocycles. The summed E-state index contributed by atoms with van der Waals surface area (Å²) in [7, 11) is 0. The van der Waals surface area contributed by atoms with Crippen LogP contribution in [0.1, 0.15) is 81.6 Å². The summed E-state index contributed by atoms with van der Waals surface area (Å²) in [6.07, 6.45) is 3.08. The Morgan fingerprint density at radius 3 is 2.09 bits per heavy atom. The SMILES string of the molecule is CC(C)C1(C(C)(C)C)CCC(NC(=O)OC(C)(C)C)[C@H](C)C1. The van der Waals surface area contributed by atoms with E-state index in [1.54, 1.807) is 0 Å². The highest BCUT2D eigenvalue weighted by atomic mass is 16.6. The van der Waals surface area contributed by atoms with E-state index in [9.17, 15) is 4.79 Å². The Labute approximate surface area is 137 Å². The van der Waals surface area contributed by atoms with E-state index in [-0.39, 0.29) is 17.6 Å². The molecule has 1 amide bonds. The van der Waals surface area contributed by atoms with Gasteiger partial charge in [0.1, 0.15) is 5.60 Å². The second-order valence-corrected chi connectivity index (χ2v) is 9.53. The molecule has 0 radical (unpaired) electrons. The van der Waals surface area contributed by atoms with Crippen molar-refractivity contribution in [2.45, 2.75) is 93.2 Å². The molecular formula is C19H37NO2. The quantitative estimate of drug-likeness (QED) is 0.742. The van der Waals surface area contributed by atoms with E-state index >= 15 is 0 Å². The van der Waals surface area contributed by atoms with Gasteiger partial charge in [-0.05, 0) is 62.7 Å². The number of carbonyl (C=O) groups excluding carboxylic acids is 1. The van der Waals surface area contributed by atoms with E-state index in [2.05, 4.69) is 46.9 Å². The number of carbonyl (C=O) groups is 1. The predicted molar refractivity (Wildman–Crippen MR) is 92.9 cm³/mol. The number of ether oxygens (including phenoxy) is 1. The average molecular weight is 312 g/mol. The highest BCUT2D eigenvalue weighted by Crippen LogP contribution is 2.55. The molecule has 3 nitrogen and oxygen atoms in total. The number of hydrogen-bond donors (Lipinski definition) is 1. The smallest absolute Gasteiger partial charge is 0.407 e. The molecule has 1 saturated carbocycles. The molecule has 2 unspecified atom stereocenters. The third-order valence-electron chi connectivity index (χ3n) is 5.58. The first kappa shape index (κ1) is 19.3. The minimum atomic E-state index is -0.435. The minimum absolute atomic E-state index is 0.226. The molecule has 1 N–H and O–H groups in total. The van der Waals surface area contributed by atoms with Crippen molar-refractivity contribution >= 4 is 6.09 Å². The lowest BCUT2D eigenvalue weighted by Gasteiger charge is -2.54. The first-order valence-corrected chi connectivity index (χ1v) is 8.78. The fraction of sp³-hybridized carbons (Fsp3) is 0.947. The van der Waals surface area contributed by atoms with E-state index in [0.29, 0.717) is 17.3 Å². The predicted octanol–water partition coefficient (Wildman–Crippen LogP) is 5.39. The van der Waals surface area contributed by atoms with Crippen LogP contribution in [0.25, 0.3) is 0 Å². The van der Waals surface area contributed by atoms with Gasteiger partial charge in [-0.25, -0.2) is 4.79 Å². The molecule has 3 heteroatoms. The summed E-state index contributed by atoms with van der Waals surface area (Å²) in [5, 5.41) is 3.09. The lowest BCUT2D eigenvalue weighted by atomic mass is 9.52. The average Bonchev–Trinajstić information content (AvgIpc) is 2.27. The summed E-state index contributed by atoms with van der Waals surface area (Å²) in [6, 6.07) is 0.226. The van der Waals surface area contributed by atoms with E-state index in [0.717, 1.165) is 12.8 Å². The number of hydrogen-bond acceptors (Lipinski definition) is 2. The molecule has 0 bridgehead atoms. The van der Waals surface area contributed by atoms with Crippen LogP contribution in [0, 0.1) is 22.7 Å². The van der Waals surface area contributed by atoms with Crippen molar-refractivity contribution < 1.29 is 9.53 Å². The summed E-state index contributed by atoms with van der Waals surface area (Å²) < 4.78 is 5.41. The molecule has 1 aliphatic rings. The highest BCUT2D eigenvalue weighted by molar-refractivity contribution is 5.68. The summed E-state index contributed by atoms with van der Waals surface area (Å²) in [5.74, 6) is 1.13. The molecule has 1 aliphatic carbocycles. The van der Waals surface area contributed by atoms with Gasteiger partial charge in [0, 0.05) is 6.04 Å². The van der Waals surface area contributed by atoms with Crippen LogP contribution in [-0.4, -0.2) is 17.7 Å². The standard InChI is InChI=1S/C19H37NO2/c1-13(2)19(17(4,5)6)11-10-15(14(3)12-19)20-16(21)22-18(7,8)9/h13-15H,10-12H2,1-9H3,(H,20,21)/t14-,15?,19?/m1/s1. The van der Waals surface area contributed by atoms with Gasteiger partial charge in [-0.3, -0.25) is 0 Å². The summed E-state index contributed by atoms with van der Waals surface area (Å²) in [4.78, 5) is 12.0. The first-order chi connectivity index (χ1) is 9.78. The summed E-state index contributed by atoms with van der Waals surface area (Å²) in [6.45, 7) is 19.8. The number of alkyl carbamates (subject to hydrolysis) is 1. The van der Waals surface area contributed by atoms with Gasteiger partial charge in [-0.2, -0.15) is 0 Å². The molecule has 0 aliphatic heterocycles. The van der Waals surface area contributed by atoms with Crippen LogP contribution in [0.2, 0.25) is 0 Å². The Balaban J connectivity index is 2.75. The van der Waals surface area contributed by atoms with Crippen molar-refractivity contribution in [3.05, 3.63) is 0 Å². The normalized spacial score (nSPS) is 30.3. The van der Waals surface area contributed by atoms with Gasteiger partial charge < -0.3 is 10.1 Å². The lowest BCUT2D eigenvalue weighted by molar-refractivity contribution is -0.0379. The highest BCUT2D eigenvalue weighted by Gasteiger charge is 2.48. The van der Waals surface area contributed by atoms with Crippen LogP contribution in [0.3, 0.4) is 0 Å². The molecule has 3 atom stereocenters. The van der Waals surface area contributed by atoms with Gasteiger partial charge >= 0.3 is 6.09 Å². The Bertz CT molecular complexity index is 389. The maximum atomic E-state index is 12.0. The molecule has 0 aromatic carbocycles. The van der Waals surface area contributed by atoms with Crippen molar-refractivity contribution in [2.24, 2.45) is 22.7 Å². The zero-order valence-electron chi connectivity index (χ0n) is 16.2. The van der Waals surface area contributed by atoms with E-state index < -0.39 is 5.60 Å². The Kier molecular flexibility index (Phi) is 5.63. The molecule has 130 valence electrons. The number of nitrogens with one attached hydrogen (secondary N) is 1.